The second-order valence-electron chi connectivity index (χ2n) is 5.02. The molecule has 0 saturated heterocycles. The van der Waals surface area contributed by atoms with Gasteiger partial charge in [0, 0.05) is 7.11 Å². The average molecular weight is 212 g/mol. The van der Waals surface area contributed by atoms with Crippen LogP contribution in [0.5, 0.6) is 0 Å². The van der Waals surface area contributed by atoms with Crippen LogP contribution < -0.4 is 0 Å². The van der Waals surface area contributed by atoms with Crippen LogP contribution in [0.4, 0.5) is 0 Å². The molecule has 1 atom stereocenters. The molecule has 0 aromatic rings. The van der Waals surface area contributed by atoms with Gasteiger partial charge >= 0.3 is 0 Å². The first kappa shape index (κ1) is 13.0. The first-order valence-electron chi connectivity index (χ1n) is 6.91. The highest BCUT2D eigenvalue weighted by molar-refractivity contribution is 4.74. The van der Waals surface area contributed by atoms with Gasteiger partial charge < -0.3 is 4.74 Å². The van der Waals surface area contributed by atoms with Crippen molar-refractivity contribution in [1.29, 1.82) is 0 Å². The lowest BCUT2D eigenvalue weighted by molar-refractivity contribution is 0.0286. The van der Waals surface area contributed by atoms with E-state index in [2.05, 4.69) is 6.92 Å². The lowest BCUT2D eigenvalue weighted by Crippen LogP contribution is -2.24. The molecule has 0 heterocycles. The maximum atomic E-state index is 5.67. The first-order chi connectivity index (χ1) is 7.38. The Balaban J connectivity index is 2.15. The minimum absolute atomic E-state index is 0.558. The van der Waals surface area contributed by atoms with Crippen molar-refractivity contribution in [1.82, 2.24) is 0 Å². The smallest absolute Gasteiger partial charge is 0.0599 e. The summed E-state index contributed by atoms with van der Waals surface area (Å²) in [6.45, 7) is 2.27. The van der Waals surface area contributed by atoms with Crippen LogP contribution in [0.1, 0.15) is 71.1 Å². The maximum Gasteiger partial charge on any atom is 0.0599 e. The molecular formula is C14H28O. The summed E-state index contributed by atoms with van der Waals surface area (Å²) in [6, 6.07) is 0. The van der Waals surface area contributed by atoms with Gasteiger partial charge in [0.1, 0.15) is 0 Å². The second kappa shape index (κ2) is 8.15. The predicted octanol–water partition coefficient (Wildman–Crippen LogP) is 4.55. The molecule has 90 valence electrons. The second-order valence-corrected chi connectivity index (χ2v) is 5.02. The highest BCUT2D eigenvalue weighted by Crippen LogP contribution is 2.30. The standard InChI is InChI=1S/C14H28O/c1-3-4-5-9-12-14(15-2)13-10-7-6-8-11-13/h13-14H,3-12H2,1-2H3. The molecular weight excluding hydrogens is 184 g/mol. The number of hydrogen-bond acceptors (Lipinski definition) is 1. The zero-order chi connectivity index (χ0) is 10.9. The largest absolute Gasteiger partial charge is 0.381 e. The summed E-state index contributed by atoms with van der Waals surface area (Å²) in [5, 5.41) is 0. The molecule has 1 rings (SSSR count). The molecule has 1 unspecified atom stereocenters. The number of ether oxygens (including phenoxy) is 1. The van der Waals surface area contributed by atoms with Crippen LogP contribution in [-0.4, -0.2) is 13.2 Å². The Kier molecular flexibility index (Phi) is 7.08. The quantitative estimate of drug-likeness (QED) is 0.562. The van der Waals surface area contributed by atoms with E-state index in [9.17, 15) is 0 Å². The van der Waals surface area contributed by atoms with Crippen LogP contribution in [0.25, 0.3) is 0 Å². The van der Waals surface area contributed by atoms with Crippen LogP contribution in [0.3, 0.4) is 0 Å². The van der Waals surface area contributed by atoms with Gasteiger partial charge in [0.15, 0.2) is 0 Å². The lowest BCUT2D eigenvalue weighted by Gasteiger charge is -2.29. The Morgan fingerprint density at radius 3 is 2.40 bits per heavy atom. The van der Waals surface area contributed by atoms with Crippen LogP contribution >= 0.6 is 0 Å². The summed E-state index contributed by atoms with van der Waals surface area (Å²) in [7, 11) is 1.90. The van der Waals surface area contributed by atoms with Crippen molar-refractivity contribution in [3.63, 3.8) is 0 Å². The van der Waals surface area contributed by atoms with Crippen molar-refractivity contribution < 1.29 is 4.74 Å². The van der Waals surface area contributed by atoms with E-state index < -0.39 is 0 Å². The number of unbranched alkanes of at least 4 members (excludes halogenated alkanes) is 3. The van der Waals surface area contributed by atoms with Gasteiger partial charge in [-0.25, -0.2) is 0 Å². The van der Waals surface area contributed by atoms with Gasteiger partial charge in [-0.05, 0) is 25.2 Å². The van der Waals surface area contributed by atoms with E-state index in [0.29, 0.717) is 6.10 Å². The molecule has 0 spiro atoms. The molecule has 1 fully saturated rings. The monoisotopic (exact) mass is 212 g/mol. The minimum Gasteiger partial charge on any atom is -0.381 e. The molecule has 0 amide bonds. The first-order valence-corrected chi connectivity index (χ1v) is 6.91. The Bertz CT molecular complexity index is 138. The summed E-state index contributed by atoms with van der Waals surface area (Å²) >= 11 is 0. The van der Waals surface area contributed by atoms with Crippen molar-refractivity contribution in [3.05, 3.63) is 0 Å². The zero-order valence-corrected chi connectivity index (χ0v) is 10.6. The van der Waals surface area contributed by atoms with Crippen molar-refractivity contribution in [2.75, 3.05) is 7.11 Å². The molecule has 1 heteroatoms. The Morgan fingerprint density at radius 1 is 1.07 bits per heavy atom. The molecule has 1 aliphatic carbocycles. The molecule has 0 radical (unpaired) electrons. The van der Waals surface area contributed by atoms with Gasteiger partial charge in [0.2, 0.25) is 0 Å². The molecule has 0 aliphatic heterocycles. The molecule has 15 heavy (non-hydrogen) atoms. The Hall–Kier alpha value is -0.0400. The van der Waals surface area contributed by atoms with Crippen molar-refractivity contribution >= 4 is 0 Å². The van der Waals surface area contributed by atoms with E-state index in [-0.39, 0.29) is 0 Å². The van der Waals surface area contributed by atoms with Crippen molar-refractivity contribution in [3.8, 4) is 0 Å². The van der Waals surface area contributed by atoms with E-state index in [1.807, 2.05) is 7.11 Å². The van der Waals surface area contributed by atoms with Crippen molar-refractivity contribution in [2.45, 2.75) is 77.2 Å². The lowest BCUT2D eigenvalue weighted by atomic mass is 9.83. The highest BCUT2D eigenvalue weighted by atomic mass is 16.5. The van der Waals surface area contributed by atoms with E-state index >= 15 is 0 Å². The third-order valence-electron chi connectivity index (χ3n) is 3.82. The Labute approximate surface area is 95.6 Å². The van der Waals surface area contributed by atoms with Crippen LogP contribution in [-0.2, 0) is 4.74 Å². The summed E-state index contributed by atoms with van der Waals surface area (Å²) in [5.74, 6) is 0.866. The molecule has 1 saturated carbocycles. The molecule has 1 aliphatic rings. The van der Waals surface area contributed by atoms with Gasteiger partial charge in [-0.3, -0.25) is 0 Å². The minimum atomic E-state index is 0.558. The normalized spacial score (nSPS) is 20.4. The van der Waals surface area contributed by atoms with Crippen LogP contribution in [0.15, 0.2) is 0 Å². The van der Waals surface area contributed by atoms with Gasteiger partial charge in [-0.2, -0.15) is 0 Å². The topological polar surface area (TPSA) is 9.23 Å². The number of methoxy groups -OCH3 is 1. The van der Waals surface area contributed by atoms with Gasteiger partial charge in [0.05, 0.1) is 6.10 Å². The molecule has 0 aromatic heterocycles. The summed E-state index contributed by atoms with van der Waals surface area (Å²) in [6.07, 6.45) is 14.5. The van der Waals surface area contributed by atoms with E-state index in [4.69, 9.17) is 4.74 Å². The predicted molar refractivity (Wildman–Crippen MR) is 66.1 cm³/mol. The third kappa shape index (κ3) is 5.01. The fraction of sp³-hybridized carbons (Fsp3) is 1.00. The molecule has 0 bridgehead atoms. The Morgan fingerprint density at radius 2 is 1.80 bits per heavy atom. The summed E-state index contributed by atoms with van der Waals surface area (Å²) in [4.78, 5) is 0. The number of hydrogen-bond donors (Lipinski definition) is 0. The van der Waals surface area contributed by atoms with Crippen molar-refractivity contribution in [2.24, 2.45) is 5.92 Å². The highest BCUT2D eigenvalue weighted by Gasteiger charge is 2.22. The SMILES string of the molecule is CCCCCCC(OC)C1CCCCC1. The van der Waals surface area contributed by atoms with E-state index in [0.717, 1.165) is 5.92 Å². The number of rotatable bonds is 7. The third-order valence-corrected chi connectivity index (χ3v) is 3.82. The fourth-order valence-corrected chi connectivity index (χ4v) is 2.82. The summed E-state index contributed by atoms with van der Waals surface area (Å²) < 4.78 is 5.67. The van der Waals surface area contributed by atoms with E-state index in [1.54, 1.807) is 0 Å². The summed E-state index contributed by atoms with van der Waals surface area (Å²) in [5.41, 5.74) is 0. The molecule has 0 aromatic carbocycles. The van der Waals surface area contributed by atoms with Gasteiger partial charge in [-0.1, -0.05) is 51.9 Å². The van der Waals surface area contributed by atoms with Crippen LogP contribution in [0, 0.1) is 5.92 Å². The van der Waals surface area contributed by atoms with Crippen LogP contribution in [0.2, 0.25) is 0 Å². The molecule has 1 nitrogen and oxygen atoms in total. The fourth-order valence-electron chi connectivity index (χ4n) is 2.82. The van der Waals surface area contributed by atoms with Gasteiger partial charge in [0.25, 0.3) is 0 Å². The average Bonchev–Trinajstić information content (AvgIpc) is 2.30. The zero-order valence-electron chi connectivity index (χ0n) is 10.6. The van der Waals surface area contributed by atoms with E-state index in [1.165, 1.54) is 64.2 Å². The molecule has 0 N–H and O–H groups in total. The van der Waals surface area contributed by atoms with Gasteiger partial charge in [-0.15, -0.1) is 0 Å². The maximum absolute atomic E-state index is 5.67.